The van der Waals surface area contributed by atoms with Gasteiger partial charge in [0.25, 0.3) is 0 Å². The monoisotopic (exact) mass is 447 g/mol. The fourth-order valence-electron chi connectivity index (χ4n) is 3.35. The summed E-state index contributed by atoms with van der Waals surface area (Å²) in [6, 6.07) is 12.0. The summed E-state index contributed by atoms with van der Waals surface area (Å²) < 4.78 is 39.6. The number of nitrogens with zero attached hydrogens (tertiary/aromatic N) is 2. The molecule has 0 spiro atoms. The minimum atomic E-state index is -3.41. The number of amides is 1. The van der Waals surface area contributed by atoms with Crippen molar-refractivity contribution < 1.29 is 27.5 Å². The average Bonchev–Trinajstić information content (AvgIpc) is 3.12. The van der Waals surface area contributed by atoms with Crippen molar-refractivity contribution >= 4 is 33.3 Å². The number of rotatable bonds is 8. The van der Waals surface area contributed by atoms with Crippen LogP contribution in [0, 0.1) is 5.82 Å². The molecule has 31 heavy (non-hydrogen) atoms. The average molecular weight is 447 g/mol. The van der Waals surface area contributed by atoms with Crippen molar-refractivity contribution in [2.45, 2.75) is 31.7 Å². The number of carboxylic acids is 1. The summed E-state index contributed by atoms with van der Waals surface area (Å²) in [5.41, 5.74) is 1.92. The number of aliphatic carboxylic acids is 1. The maximum Gasteiger partial charge on any atom is 0.303 e. The lowest BCUT2D eigenvalue weighted by Gasteiger charge is -2.22. The molecule has 1 heterocycles. The van der Waals surface area contributed by atoms with Gasteiger partial charge in [0.2, 0.25) is 15.9 Å². The highest BCUT2D eigenvalue weighted by Gasteiger charge is 2.34. The van der Waals surface area contributed by atoms with Crippen molar-refractivity contribution in [3.05, 3.63) is 65.5 Å². The second-order valence-electron chi connectivity index (χ2n) is 7.23. The number of hydrogen-bond acceptors (Lipinski definition) is 5. The largest absolute Gasteiger partial charge is 0.481 e. The SMILES string of the molecule is CS(=O)(=O)Nc1ccc(C2=NN(C(=O)CCCC(=O)O)[C@@H](c3ccccc3F)C2)cc1. The number of anilines is 1. The lowest BCUT2D eigenvalue weighted by molar-refractivity contribution is -0.137. The van der Waals surface area contributed by atoms with Crippen LogP contribution in [0.3, 0.4) is 0 Å². The molecule has 2 aromatic rings. The van der Waals surface area contributed by atoms with Crippen molar-refractivity contribution in [1.82, 2.24) is 5.01 Å². The molecule has 0 unspecified atom stereocenters. The molecule has 3 rings (SSSR count). The first-order chi connectivity index (χ1) is 14.6. The van der Waals surface area contributed by atoms with E-state index in [0.29, 0.717) is 22.5 Å². The number of carbonyl (C=O) groups excluding carboxylic acids is 1. The van der Waals surface area contributed by atoms with Gasteiger partial charge in [-0.05, 0) is 30.2 Å². The van der Waals surface area contributed by atoms with Gasteiger partial charge in [-0.25, -0.2) is 17.8 Å². The first-order valence-electron chi connectivity index (χ1n) is 9.58. The van der Waals surface area contributed by atoms with Crippen LogP contribution in [0.15, 0.2) is 53.6 Å². The highest BCUT2D eigenvalue weighted by Crippen LogP contribution is 2.35. The van der Waals surface area contributed by atoms with Gasteiger partial charge >= 0.3 is 5.97 Å². The van der Waals surface area contributed by atoms with E-state index < -0.39 is 27.9 Å². The van der Waals surface area contributed by atoms with Crippen LogP contribution in [0.2, 0.25) is 0 Å². The molecule has 0 saturated carbocycles. The lowest BCUT2D eigenvalue weighted by atomic mass is 9.97. The van der Waals surface area contributed by atoms with Gasteiger partial charge in [-0.3, -0.25) is 14.3 Å². The molecule has 2 aromatic carbocycles. The summed E-state index contributed by atoms with van der Waals surface area (Å²) in [7, 11) is -3.41. The minimum Gasteiger partial charge on any atom is -0.481 e. The van der Waals surface area contributed by atoms with Crippen molar-refractivity contribution in [2.75, 3.05) is 11.0 Å². The van der Waals surface area contributed by atoms with Gasteiger partial charge in [-0.15, -0.1) is 0 Å². The van der Waals surface area contributed by atoms with Gasteiger partial charge in [0.05, 0.1) is 18.0 Å². The Hall–Kier alpha value is -3.27. The van der Waals surface area contributed by atoms with Gasteiger partial charge < -0.3 is 5.11 Å². The molecule has 0 fully saturated rings. The van der Waals surface area contributed by atoms with Gasteiger partial charge in [0, 0.05) is 30.5 Å². The quantitative estimate of drug-likeness (QED) is 0.645. The van der Waals surface area contributed by atoms with Crippen molar-refractivity contribution in [3.8, 4) is 0 Å². The molecule has 1 atom stereocenters. The molecule has 0 aromatic heterocycles. The highest BCUT2D eigenvalue weighted by molar-refractivity contribution is 7.92. The van der Waals surface area contributed by atoms with E-state index in [1.165, 1.54) is 11.1 Å². The molecule has 0 bridgehead atoms. The standard InChI is InChI=1S/C21H22FN3O5S/c1-31(29,30)24-15-11-9-14(10-12-15)18-13-19(16-5-2-3-6-17(16)22)25(23-18)20(26)7-4-8-21(27)28/h2-3,5-6,9-12,19,24H,4,7-8,13H2,1H3,(H,27,28)/t19-/m1/s1. The van der Waals surface area contributed by atoms with Crippen LogP contribution in [0.25, 0.3) is 0 Å². The number of carbonyl (C=O) groups is 2. The molecule has 1 aliphatic heterocycles. The van der Waals surface area contributed by atoms with E-state index in [4.69, 9.17) is 5.11 Å². The van der Waals surface area contributed by atoms with E-state index >= 15 is 0 Å². The molecule has 164 valence electrons. The molecule has 8 nitrogen and oxygen atoms in total. The number of hydrazone groups is 1. The smallest absolute Gasteiger partial charge is 0.303 e. The summed E-state index contributed by atoms with van der Waals surface area (Å²) in [4.78, 5) is 23.5. The van der Waals surface area contributed by atoms with Crippen LogP contribution >= 0.6 is 0 Å². The van der Waals surface area contributed by atoms with Gasteiger partial charge in [-0.2, -0.15) is 5.10 Å². The van der Waals surface area contributed by atoms with E-state index in [1.807, 2.05) is 0 Å². The summed E-state index contributed by atoms with van der Waals surface area (Å²) in [6.07, 6.45) is 1.31. The number of nitrogens with one attached hydrogen (secondary N) is 1. The first kappa shape index (κ1) is 22.4. The van der Waals surface area contributed by atoms with E-state index in [-0.39, 0.29) is 31.6 Å². The van der Waals surface area contributed by atoms with Crippen LogP contribution in [-0.2, 0) is 19.6 Å². The molecule has 0 saturated heterocycles. The van der Waals surface area contributed by atoms with E-state index in [0.717, 1.165) is 6.26 Å². The summed E-state index contributed by atoms with van der Waals surface area (Å²) >= 11 is 0. The van der Waals surface area contributed by atoms with Crippen LogP contribution in [-0.4, -0.2) is 42.4 Å². The fraction of sp³-hybridized carbons (Fsp3) is 0.286. The third-order valence-electron chi connectivity index (χ3n) is 4.73. The summed E-state index contributed by atoms with van der Waals surface area (Å²) in [5.74, 6) is -1.84. The zero-order valence-corrected chi connectivity index (χ0v) is 17.6. The van der Waals surface area contributed by atoms with Crippen molar-refractivity contribution in [3.63, 3.8) is 0 Å². The predicted octanol–water partition coefficient (Wildman–Crippen LogP) is 3.13. The van der Waals surface area contributed by atoms with E-state index in [1.54, 1.807) is 42.5 Å². The lowest BCUT2D eigenvalue weighted by Crippen LogP contribution is -2.27. The second-order valence-corrected chi connectivity index (χ2v) is 8.97. The van der Waals surface area contributed by atoms with E-state index in [9.17, 15) is 22.4 Å². The Labute approximate surface area is 179 Å². The zero-order chi connectivity index (χ0) is 22.6. The van der Waals surface area contributed by atoms with Crippen molar-refractivity contribution in [2.24, 2.45) is 5.10 Å². The Morgan fingerprint density at radius 2 is 1.84 bits per heavy atom. The maximum absolute atomic E-state index is 14.4. The number of benzene rings is 2. The van der Waals surface area contributed by atoms with Gasteiger partial charge in [-0.1, -0.05) is 30.3 Å². The van der Waals surface area contributed by atoms with Crippen LogP contribution < -0.4 is 4.72 Å². The van der Waals surface area contributed by atoms with Crippen LogP contribution in [0.1, 0.15) is 42.9 Å². The molecular weight excluding hydrogens is 425 g/mol. The fourth-order valence-corrected chi connectivity index (χ4v) is 3.92. The predicted molar refractivity (Wildman–Crippen MR) is 114 cm³/mol. The number of hydrogen-bond donors (Lipinski definition) is 2. The number of sulfonamides is 1. The van der Waals surface area contributed by atoms with Crippen LogP contribution in [0.4, 0.5) is 10.1 Å². The third-order valence-corrected chi connectivity index (χ3v) is 5.34. The Bertz CT molecular complexity index is 1120. The number of halogens is 1. The number of carboxylic acid groups (broad SMARTS) is 1. The molecular formula is C21H22FN3O5S. The maximum atomic E-state index is 14.4. The molecule has 1 aliphatic rings. The Morgan fingerprint density at radius 3 is 2.45 bits per heavy atom. The highest BCUT2D eigenvalue weighted by atomic mass is 32.2. The topological polar surface area (TPSA) is 116 Å². The molecule has 0 radical (unpaired) electrons. The molecule has 0 aliphatic carbocycles. The molecule has 10 heteroatoms. The normalized spacial score (nSPS) is 16.1. The summed E-state index contributed by atoms with van der Waals surface area (Å²) in [5, 5.41) is 14.4. The van der Waals surface area contributed by atoms with E-state index in [2.05, 4.69) is 9.82 Å². The zero-order valence-electron chi connectivity index (χ0n) is 16.8. The molecule has 1 amide bonds. The summed E-state index contributed by atoms with van der Waals surface area (Å²) in [6.45, 7) is 0. The van der Waals surface area contributed by atoms with Crippen LogP contribution in [0.5, 0.6) is 0 Å². The first-order valence-corrected chi connectivity index (χ1v) is 11.5. The third kappa shape index (κ3) is 5.88. The van der Waals surface area contributed by atoms with Crippen molar-refractivity contribution in [1.29, 1.82) is 0 Å². The Kier molecular flexibility index (Phi) is 6.69. The van der Waals surface area contributed by atoms with Gasteiger partial charge in [0.15, 0.2) is 0 Å². The van der Waals surface area contributed by atoms with Gasteiger partial charge in [0.1, 0.15) is 5.82 Å². The minimum absolute atomic E-state index is 0.0226. The Morgan fingerprint density at radius 1 is 1.16 bits per heavy atom. The molecule has 2 N–H and O–H groups in total. The second kappa shape index (κ2) is 9.25. The Balaban J connectivity index is 1.86.